The zero-order chi connectivity index (χ0) is 23.9. The van der Waals surface area contributed by atoms with Gasteiger partial charge < -0.3 is 20.1 Å². The van der Waals surface area contributed by atoms with Crippen LogP contribution in [-0.2, 0) is 4.79 Å². The van der Waals surface area contributed by atoms with Gasteiger partial charge in [-0.3, -0.25) is 4.79 Å². The number of carbonyl (C=O) groups is 1. The summed E-state index contributed by atoms with van der Waals surface area (Å²) >= 11 is 0. The van der Waals surface area contributed by atoms with Gasteiger partial charge in [-0.05, 0) is 62.9 Å². The SMILES string of the molecule is CC(=O)Nc1cccc(Nc2ncnc(N3C4CCC3CC(n3c(C)nc5ccccc53)C4)n2)c1. The molecule has 2 atom stereocenters. The van der Waals surface area contributed by atoms with E-state index in [1.165, 1.54) is 12.4 Å². The molecule has 2 aliphatic heterocycles. The van der Waals surface area contributed by atoms with E-state index in [9.17, 15) is 4.79 Å². The summed E-state index contributed by atoms with van der Waals surface area (Å²) in [6.45, 7) is 3.60. The highest BCUT2D eigenvalue weighted by molar-refractivity contribution is 5.89. The molecule has 1 amide bonds. The second kappa shape index (κ2) is 8.65. The monoisotopic (exact) mass is 468 g/mol. The van der Waals surface area contributed by atoms with Crippen molar-refractivity contribution < 1.29 is 4.79 Å². The lowest BCUT2D eigenvalue weighted by Crippen LogP contribution is -2.44. The molecule has 35 heavy (non-hydrogen) atoms. The number of rotatable bonds is 5. The van der Waals surface area contributed by atoms with Crippen LogP contribution in [0.25, 0.3) is 11.0 Å². The number of imidazole rings is 1. The van der Waals surface area contributed by atoms with Crippen LogP contribution in [0.2, 0.25) is 0 Å². The third kappa shape index (κ3) is 4.07. The molecule has 2 aromatic carbocycles. The van der Waals surface area contributed by atoms with E-state index < -0.39 is 0 Å². The van der Waals surface area contributed by atoms with Crippen molar-refractivity contribution in [3.8, 4) is 0 Å². The average Bonchev–Trinajstić information content (AvgIpc) is 3.31. The minimum absolute atomic E-state index is 0.109. The standard InChI is InChI=1S/C26H28N8O/c1-16-29-23-8-3-4-9-24(23)33(16)22-13-20-10-11-21(14-22)34(20)26-28-15-27-25(32-26)31-19-7-5-6-18(12-19)30-17(2)35/h3-9,12,15,20-22H,10-11,13-14H2,1-2H3,(H,30,35)(H,27,28,31,32). The molecule has 2 unspecified atom stereocenters. The zero-order valence-corrected chi connectivity index (χ0v) is 19.8. The van der Waals surface area contributed by atoms with E-state index in [4.69, 9.17) is 9.97 Å². The summed E-state index contributed by atoms with van der Waals surface area (Å²) in [6.07, 6.45) is 5.94. The van der Waals surface area contributed by atoms with Gasteiger partial charge in [0.2, 0.25) is 17.8 Å². The molecule has 0 aliphatic carbocycles. The molecule has 4 aromatic rings. The van der Waals surface area contributed by atoms with Gasteiger partial charge in [-0.25, -0.2) is 15.0 Å². The number of nitrogens with zero attached hydrogens (tertiary/aromatic N) is 6. The van der Waals surface area contributed by atoms with Crippen LogP contribution in [0.1, 0.15) is 44.5 Å². The fourth-order valence-corrected chi connectivity index (χ4v) is 5.79. The maximum absolute atomic E-state index is 11.4. The molecule has 9 heteroatoms. The van der Waals surface area contributed by atoms with Crippen molar-refractivity contribution in [2.24, 2.45) is 0 Å². The number of para-hydroxylation sites is 2. The smallest absolute Gasteiger partial charge is 0.232 e. The van der Waals surface area contributed by atoms with E-state index in [2.05, 4.69) is 55.2 Å². The van der Waals surface area contributed by atoms with Gasteiger partial charge in [-0.15, -0.1) is 0 Å². The highest BCUT2D eigenvalue weighted by atomic mass is 16.1. The van der Waals surface area contributed by atoms with Crippen LogP contribution in [0.15, 0.2) is 54.9 Å². The van der Waals surface area contributed by atoms with Gasteiger partial charge in [0.05, 0.1) is 11.0 Å². The molecule has 2 aliphatic rings. The number of fused-ring (bicyclic) bond motifs is 3. The molecule has 178 valence electrons. The van der Waals surface area contributed by atoms with Gasteiger partial charge in [0.1, 0.15) is 12.2 Å². The molecule has 6 rings (SSSR count). The topological polar surface area (TPSA) is 101 Å². The number of nitrogens with one attached hydrogen (secondary N) is 2. The number of carbonyl (C=O) groups excluding carboxylic acids is 1. The normalized spacial score (nSPS) is 21.3. The molecule has 9 nitrogen and oxygen atoms in total. The minimum Gasteiger partial charge on any atom is -0.335 e. The summed E-state index contributed by atoms with van der Waals surface area (Å²) in [5.74, 6) is 2.19. The molecule has 2 N–H and O–H groups in total. The minimum atomic E-state index is -0.109. The number of amides is 1. The number of anilines is 4. The van der Waals surface area contributed by atoms with Gasteiger partial charge in [0, 0.05) is 36.4 Å². The first-order chi connectivity index (χ1) is 17.0. The van der Waals surface area contributed by atoms with Gasteiger partial charge in [0.25, 0.3) is 0 Å². The summed E-state index contributed by atoms with van der Waals surface area (Å²) < 4.78 is 2.43. The Morgan fingerprint density at radius 3 is 2.51 bits per heavy atom. The fraction of sp³-hybridized carbons (Fsp3) is 0.346. The molecule has 2 aromatic heterocycles. The molecular weight excluding hydrogens is 440 g/mol. The maximum atomic E-state index is 11.4. The second-order valence-corrected chi connectivity index (χ2v) is 9.43. The van der Waals surface area contributed by atoms with E-state index in [0.717, 1.165) is 54.3 Å². The Bertz CT molecular complexity index is 1390. The van der Waals surface area contributed by atoms with Crippen LogP contribution in [0.3, 0.4) is 0 Å². The first-order valence-electron chi connectivity index (χ1n) is 12.1. The first-order valence-corrected chi connectivity index (χ1v) is 12.1. The predicted molar refractivity (Wildman–Crippen MR) is 136 cm³/mol. The number of hydrogen-bond donors (Lipinski definition) is 2. The first kappa shape index (κ1) is 21.5. The van der Waals surface area contributed by atoms with Crippen molar-refractivity contribution >= 4 is 40.2 Å². The number of piperidine rings is 1. The molecule has 0 spiro atoms. The lowest BCUT2D eigenvalue weighted by Gasteiger charge is -2.39. The van der Waals surface area contributed by atoms with Crippen molar-refractivity contribution in [1.29, 1.82) is 0 Å². The molecule has 2 fully saturated rings. The fourth-order valence-electron chi connectivity index (χ4n) is 5.79. The molecule has 2 saturated heterocycles. The third-order valence-corrected chi connectivity index (χ3v) is 7.07. The van der Waals surface area contributed by atoms with Crippen LogP contribution in [0.5, 0.6) is 0 Å². The maximum Gasteiger partial charge on any atom is 0.232 e. The highest BCUT2D eigenvalue weighted by Gasteiger charge is 2.43. The quantitative estimate of drug-likeness (QED) is 0.441. The molecule has 2 bridgehead atoms. The second-order valence-electron chi connectivity index (χ2n) is 9.43. The van der Waals surface area contributed by atoms with Crippen molar-refractivity contribution in [2.45, 2.75) is 57.7 Å². The van der Waals surface area contributed by atoms with E-state index in [1.807, 2.05) is 30.3 Å². The van der Waals surface area contributed by atoms with E-state index >= 15 is 0 Å². The number of aromatic nitrogens is 5. The largest absolute Gasteiger partial charge is 0.335 e. The van der Waals surface area contributed by atoms with E-state index in [0.29, 0.717) is 24.1 Å². The predicted octanol–water partition coefficient (Wildman–Crippen LogP) is 4.60. The third-order valence-electron chi connectivity index (χ3n) is 7.07. The summed E-state index contributed by atoms with van der Waals surface area (Å²) in [5, 5.41) is 6.05. The van der Waals surface area contributed by atoms with Crippen LogP contribution in [0, 0.1) is 6.92 Å². The Morgan fingerprint density at radius 2 is 1.71 bits per heavy atom. The van der Waals surface area contributed by atoms with Crippen LogP contribution in [-0.4, -0.2) is 42.5 Å². The van der Waals surface area contributed by atoms with Gasteiger partial charge in [0.15, 0.2) is 0 Å². The number of benzene rings is 2. The Hall–Kier alpha value is -4.01. The Labute approximate surface area is 203 Å². The Balaban J connectivity index is 1.22. The van der Waals surface area contributed by atoms with Crippen molar-refractivity contribution in [1.82, 2.24) is 24.5 Å². The lowest BCUT2D eigenvalue weighted by molar-refractivity contribution is -0.114. The van der Waals surface area contributed by atoms with E-state index in [1.54, 1.807) is 6.33 Å². The van der Waals surface area contributed by atoms with Crippen molar-refractivity contribution in [2.75, 3.05) is 15.5 Å². The lowest BCUT2D eigenvalue weighted by atomic mass is 9.97. The van der Waals surface area contributed by atoms with Crippen molar-refractivity contribution in [3.63, 3.8) is 0 Å². The van der Waals surface area contributed by atoms with Crippen LogP contribution < -0.4 is 15.5 Å². The number of aryl methyl sites for hydroxylation is 1. The van der Waals surface area contributed by atoms with Crippen LogP contribution in [0.4, 0.5) is 23.3 Å². The molecular formula is C26H28N8O. The number of hydrogen-bond acceptors (Lipinski definition) is 7. The summed E-state index contributed by atoms with van der Waals surface area (Å²) in [5.41, 5.74) is 3.81. The van der Waals surface area contributed by atoms with Crippen molar-refractivity contribution in [3.05, 3.63) is 60.7 Å². The molecule has 4 heterocycles. The Kier molecular flexibility index (Phi) is 5.32. The Morgan fingerprint density at radius 1 is 0.943 bits per heavy atom. The van der Waals surface area contributed by atoms with Crippen LogP contribution >= 0.6 is 0 Å². The molecule has 0 radical (unpaired) electrons. The summed E-state index contributed by atoms with van der Waals surface area (Å²) in [4.78, 5) is 32.2. The zero-order valence-electron chi connectivity index (χ0n) is 19.8. The summed E-state index contributed by atoms with van der Waals surface area (Å²) in [7, 11) is 0. The van der Waals surface area contributed by atoms with Gasteiger partial charge in [-0.1, -0.05) is 18.2 Å². The van der Waals surface area contributed by atoms with Gasteiger partial charge >= 0.3 is 0 Å². The van der Waals surface area contributed by atoms with E-state index in [-0.39, 0.29) is 5.91 Å². The summed E-state index contributed by atoms with van der Waals surface area (Å²) in [6, 6.07) is 17.1. The van der Waals surface area contributed by atoms with Gasteiger partial charge in [-0.2, -0.15) is 4.98 Å². The average molecular weight is 469 g/mol. The highest BCUT2D eigenvalue weighted by Crippen LogP contribution is 2.43. The molecule has 0 saturated carbocycles.